The van der Waals surface area contributed by atoms with Crippen molar-refractivity contribution in [2.24, 2.45) is 23.2 Å². The fourth-order valence-corrected chi connectivity index (χ4v) is 4.45. The summed E-state index contributed by atoms with van der Waals surface area (Å²) < 4.78 is 0. The molecule has 1 heterocycles. The summed E-state index contributed by atoms with van der Waals surface area (Å²) in [4.78, 5) is 14.7. The Balaban J connectivity index is 1.74. The topological polar surface area (TPSA) is 20.3 Å². The molecule has 4 fully saturated rings. The van der Waals surface area contributed by atoms with Crippen molar-refractivity contribution in [1.29, 1.82) is 0 Å². The Hall–Kier alpha value is -0.530. The molecule has 2 atom stereocenters. The molecule has 3 aliphatic carbocycles. The highest BCUT2D eigenvalue weighted by Gasteiger charge is 2.46. The summed E-state index contributed by atoms with van der Waals surface area (Å²) in [5, 5.41) is 0. The number of hydrogen-bond donors (Lipinski definition) is 0. The fraction of sp³-hybridized carbons (Fsp3) is 0.933. The molecule has 3 saturated carbocycles. The maximum absolute atomic E-state index is 12.6. The van der Waals surface area contributed by atoms with Crippen molar-refractivity contribution >= 4 is 5.91 Å². The zero-order valence-electron chi connectivity index (χ0n) is 11.2. The summed E-state index contributed by atoms with van der Waals surface area (Å²) >= 11 is 0. The molecule has 96 valence electrons. The molecule has 1 amide bonds. The Morgan fingerprint density at radius 1 is 1.12 bits per heavy atom. The summed E-state index contributed by atoms with van der Waals surface area (Å²) in [6.07, 6.45) is 7.64. The normalized spacial score (nSPS) is 45.3. The predicted molar refractivity (Wildman–Crippen MR) is 68.5 cm³/mol. The molecular formula is C15H25NO. The first-order valence-corrected chi connectivity index (χ1v) is 7.36. The van der Waals surface area contributed by atoms with Crippen LogP contribution in [0.2, 0.25) is 0 Å². The second kappa shape index (κ2) is 4.00. The molecule has 0 spiro atoms. The van der Waals surface area contributed by atoms with Gasteiger partial charge in [0.1, 0.15) is 0 Å². The second-order valence-corrected chi connectivity index (χ2v) is 7.16. The van der Waals surface area contributed by atoms with Gasteiger partial charge in [-0.1, -0.05) is 13.8 Å². The van der Waals surface area contributed by atoms with E-state index in [1.165, 1.54) is 25.7 Å². The minimum absolute atomic E-state index is 0.0457. The molecule has 0 radical (unpaired) electrons. The van der Waals surface area contributed by atoms with Crippen LogP contribution in [0.1, 0.15) is 52.4 Å². The molecule has 0 aromatic carbocycles. The minimum atomic E-state index is -0.0457. The molecule has 4 rings (SSSR count). The van der Waals surface area contributed by atoms with Crippen LogP contribution >= 0.6 is 0 Å². The molecule has 0 N–H and O–H groups in total. The van der Waals surface area contributed by atoms with Gasteiger partial charge in [-0.2, -0.15) is 0 Å². The number of rotatable bonds is 1. The molecule has 4 aliphatic rings. The third-order valence-electron chi connectivity index (χ3n) is 5.27. The molecule has 17 heavy (non-hydrogen) atoms. The van der Waals surface area contributed by atoms with Gasteiger partial charge in [-0.3, -0.25) is 4.79 Å². The smallest absolute Gasteiger partial charge is 0.228 e. The summed E-state index contributed by atoms with van der Waals surface area (Å²) in [7, 11) is 0. The Kier molecular flexibility index (Phi) is 2.72. The van der Waals surface area contributed by atoms with Gasteiger partial charge < -0.3 is 4.90 Å². The van der Waals surface area contributed by atoms with Crippen molar-refractivity contribution in [3.05, 3.63) is 0 Å². The maximum Gasteiger partial charge on any atom is 0.228 e. The number of fused-ring (bicyclic) bond motifs is 4. The lowest BCUT2D eigenvalue weighted by Crippen LogP contribution is -2.51. The Bertz CT molecular complexity index is 313. The van der Waals surface area contributed by atoms with Gasteiger partial charge in [0.25, 0.3) is 0 Å². The van der Waals surface area contributed by atoms with E-state index >= 15 is 0 Å². The van der Waals surface area contributed by atoms with Crippen LogP contribution in [0, 0.1) is 23.2 Å². The number of likely N-dealkylation sites (tertiary alicyclic amines) is 1. The van der Waals surface area contributed by atoms with Crippen molar-refractivity contribution in [2.45, 2.75) is 52.4 Å². The monoisotopic (exact) mass is 235 g/mol. The van der Waals surface area contributed by atoms with Gasteiger partial charge in [0.2, 0.25) is 5.91 Å². The molecule has 1 saturated heterocycles. The molecule has 0 aromatic heterocycles. The van der Waals surface area contributed by atoms with Crippen LogP contribution in [0.15, 0.2) is 0 Å². The average molecular weight is 235 g/mol. The molecule has 0 aromatic rings. The Morgan fingerprint density at radius 3 is 2.41 bits per heavy atom. The Morgan fingerprint density at radius 2 is 1.82 bits per heavy atom. The van der Waals surface area contributed by atoms with E-state index in [2.05, 4.69) is 18.7 Å². The number of carbonyl (C=O) groups is 1. The quantitative estimate of drug-likeness (QED) is 0.684. The van der Waals surface area contributed by atoms with E-state index in [0.717, 1.165) is 43.7 Å². The van der Waals surface area contributed by atoms with Gasteiger partial charge in [-0.25, -0.2) is 0 Å². The highest BCUT2D eigenvalue weighted by molar-refractivity contribution is 5.83. The standard InChI is InChI=1S/C15H25NO/c1-11-6-12-7-13(8-12)10-15(2,9-11)14(17)16-4-3-5-16/h11-13H,3-10H2,1-2H3. The van der Waals surface area contributed by atoms with E-state index in [1.54, 1.807) is 0 Å². The molecule has 2 bridgehead atoms. The molecule has 2 nitrogen and oxygen atoms in total. The van der Waals surface area contributed by atoms with E-state index in [1.807, 2.05) is 0 Å². The van der Waals surface area contributed by atoms with Crippen LogP contribution in [0.5, 0.6) is 0 Å². The summed E-state index contributed by atoms with van der Waals surface area (Å²) in [5.74, 6) is 3.03. The van der Waals surface area contributed by atoms with E-state index in [0.29, 0.717) is 5.91 Å². The zero-order chi connectivity index (χ0) is 12.0. The van der Waals surface area contributed by atoms with Crippen molar-refractivity contribution in [3.63, 3.8) is 0 Å². The van der Waals surface area contributed by atoms with Crippen LogP contribution in [0.4, 0.5) is 0 Å². The van der Waals surface area contributed by atoms with Crippen LogP contribution in [0.3, 0.4) is 0 Å². The van der Waals surface area contributed by atoms with Crippen molar-refractivity contribution in [2.75, 3.05) is 13.1 Å². The summed E-state index contributed by atoms with van der Waals surface area (Å²) in [6.45, 7) is 6.61. The van der Waals surface area contributed by atoms with Gasteiger partial charge in [0.15, 0.2) is 0 Å². The van der Waals surface area contributed by atoms with E-state index in [9.17, 15) is 4.79 Å². The zero-order valence-corrected chi connectivity index (χ0v) is 11.2. The molecule has 2 heteroatoms. The van der Waals surface area contributed by atoms with Gasteiger partial charge in [-0.15, -0.1) is 0 Å². The van der Waals surface area contributed by atoms with Crippen molar-refractivity contribution in [1.82, 2.24) is 4.90 Å². The minimum Gasteiger partial charge on any atom is -0.342 e. The predicted octanol–water partition coefficient (Wildman–Crippen LogP) is 3.07. The summed E-state index contributed by atoms with van der Waals surface area (Å²) in [6, 6.07) is 0. The van der Waals surface area contributed by atoms with E-state index < -0.39 is 0 Å². The second-order valence-electron chi connectivity index (χ2n) is 7.16. The Labute approximate surface area is 105 Å². The third kappa shape index (κ3) is 2.00. The first-order chi connectivity index (χ1) is 8.07. The highest BCUT2D eigenvalue weighted by Crippen LogP contribution is 2.50. The number of hydrogen-bond acceptors (Lipinski definition) is 1. The van der Waals surface area contributed by atoms with E-state index in [4.69, 9.17) is 0 Å². The van der Waals surface area contributed by atoms with Gasteiger partial charge >= 0.3 is 0 Å². The van der Waals surface area contributed by atoms with Crippen molar-refractivity contribution in [3.8, 4) is 0 Å². The number of amides is 1. The first-order valence-electron chi connectivity index (χ1n) is 7.36. The average Bonchev–Trinajstić information content (AvgIpc) is 2.08. The van der Waals surface area contributed by atoms with Crippen molar-refractivity contribution < 1.29 is 4.79 Å². The van der Waals surface area contributed by atoms with Crippen LogP contribution < -0.4 is 0 Å². The van der Waals surface area contributed by atoms with Gasteiger partial charge in [0, 0.05) is 18.5 Å². The lowest BCUT2D eigenvalue weighted by Gasteiger charge is -2.48. The maximum atomic E-state index is 12.6. The molecule has 1 aliphatic heterocycles. The first kappa shape index (κ1) is 11.6. The third-order valence-corrected chi connectivity index (χ3v) is 5.27. The lowest BCUT2D eigenvalue weighted by molar-refractivity contribution is -0.149. The summed E-state index contributed by atoms with van der Waals surface area (Å²) in [5.41, 5.74) is -0.0457. The largest absolute Gasteiger partial charge is 0.342 e. The number of carbonyl (C=O) groups excluding carboxylic acids is 1. The van der Waals surface area contributed by atoms with Gasteiger partial charge in [-0.05, 0) is 56.3 Å². The lowest BCUT2D eigenvalue weighted by atomic mass is 9.59. The molecule has 2 unspecified atom stereocenters. The SMILES string of the molecule is CC1CC2CC(C2)CC(C)(C(=O)N2CCC2)C1. The van der Waals surface area contributed by atoms with Crippen LogP contribution in [-0.2, 0) is 4.79 Å². The number of nitrogens with zero attached hydrogens (tertiary/aromatic N) is 1. The molecular weight excluding hydrogens is 210 g/mol. The van der Waals surface area contributed by atoms with Gasteiger partial charge in [0.05, 0.1) is 0 Å². The van der Waals surface area contributed by atoms with Crippen LogP contribution in [-0.4, -0.2) is 23.9 Å². The van der Waals surface area contributed by atoms with E-state index in [-0.39, 0.29) is 5.41 Å². The van der Waals surface area contributed by atoms with Crippen LogP contribution in [0.25, 0.3) is 0 Å². The highest BCUT2D eigenvalue weighted by atomic mass is 16.2. The fourth-order valence-electron chi connectivity index (χ4n) is 4.45.